The molecule has 0 bridgehead atoms. The first-order valence-electron chi connectivity index (χ1n) is 8.16. The number of unbranched alkanes of at least 4 members (excludes halogenated alkanes) is 3. The quantitative estimate of drug-likeness (QED) is 0.509. The predicted octanol–water partition coefficient (Wildman–Crippen LogP) is 3.37. The number of hydrogen-bond donors (Lipinski definition) is 0. The highest BCUT2D eigenvalue weighted by atomic mass is 16.6. The molecule has 21 heavy (non-hydrogen) atoms. The number of carbonyl (C=O) groups excluding carboxylic acids is 2. The summed E-state index contributed by atoms with van der Waals surface area (Å²) >= 11 is 0. The molecule has 0 aromatic carbocycles. The van der Waals surface area contributed by atoms with Crippen LogP contribution in [0.2, 0.25) is 0 Å². The molecule has 0 radical (unpaired) electrons. The van der Waals surface area contributed by atoms with Gasteiger partial charge in [-0.25, -0.2) is 9.59 Å². The fraction of sp³-hybridized carbons (Fsp3) is 0.875. The van der Waals surface area contributed by atoms with Crippen LogP contribution in [0.5, 0.6) is 0 Å². The van der Waals surface area contributed by atoms with Crippen molar-refractivity contribution in [3.63, 3.8) is 0 Å². The molecule has 1 atom stereocenters. The highest BCUT2D eigenvalue weighted by Gasteiger charge is 2.36. The van der Waals surface area contributed by atoms with Gasteiger partial charge in [0.2, 0.25) is 0 Å². The van der Waals surface area contributed by atoms with Gasteiger partial charge in [0.25, 0.3) is 0 Å². The second-order valence-electron chi connectivity index (χ2n) is 6.05. The Balaban J connectivity index is 2.34. The summed E-state index contributed by atoms with van der Waals surface area (Å²) in [4.78, 5) is 25.5. The van der Waals surface area contributed by atoms with Gasteiger partial charge in [0.1, 0.15) is 6.04 Å². The molecule has 0 aromatic heterocycles. The standard InChI is InChI=1S/C16H29NO4/c1-4-5-6-7-11-20-15(18)14-9-8-10-17(14)16(19)21-12-13(2)3/h13-14H,4-12H2,1-3H3. The van der Waals surface area contributed by atoms with Crippen molar-refractivity contribution in [3.05, 3.63) is 0 Å². The van der Waals surface area contributed by atoms with E-state index in [0.717, 1.165) is 32.1 Å². The van der Waals surface area contributed by atoms with Crippen LogP contribution in [0.3, 0.4) is 0 Å². The summed E-state index contributed by atoms with van der Waals surface area (Å²) in [5, 5.41) is 0. The van der Waals surface area contributed by atoms with Crippen molar-refractivity contribution in [2.45, 2.75) is 65.3 Å². The van der Waals surface area contributed by atoms with Crippen molar-refractivity contribution in [3.8, 4) is 0 Å². The number of likely N-dealkylation sites (tertiary alicyclic amines) is 1. The van der Waals surface area contributed by atoms with Crippen LogP contribution in [-0.4, -0.2) is 42.8 Å². The van der Waals surface area contributed by atoms with Crippen LogP contribution in [0.4, 0.5) is 4.79 Å². The maximum absolute atomic E-state index is 12.1. The minimum absolute atomic E-state index is 0.287. The molecule has 1 rings (SSSR count). The average molecular weight is 299 g/mol. The molecule has 1 aliphatic rings. The summed E-state index contributed by atoms with van der Waals surface area (Å²) in [7, 11) is 0. The van der Waals surface area contributed by atoms with Crippen LogP contribution in [0.15, 0.2) is 0 Å². The van der Waals surface area contributed by atoms with E-state index < -0.39 is 12.1 Å². The van der Waals surface area contributed by atoms with Gasteiger partial charge in [-0.1, -0.05) is 40.0 Å². The molecular weight excluding hydrogens is 270 g/mol. The van der Waals surface area contributed by atoms with Crippen molar-refractivity contribution >= 4 is 12.1 Å². The zero-order valence-corrected chi connectivity index (χ0v) is 13.6. The summed E-state index contributed by atoms with van der Waals surface area (Å²) in [6, 6.07) is -0.462. The Morgan fingerprint density at radius 3 is 2.62 bits per heavy atom. The SMILES string of the molecule is CCCCCCOC(=O)C1CCCN1C(=O)OCC(C)C. The van der Waals surface area contributed by atoms with Crippen LogP contribution in [0.1, 0.15) is 59.3 Å². The lowest BCUT2D eigenvalue weighted by molar-refractivity contribution is -0.148. The van der Waals surface area contributed by atoms with Gasteiger partial charge in [0.15, 0.2) is 0 Å². The van der Waals surface area contributed by atoms with Gasteiger partial charge >= 0.3 is 12.1 Å². The maximum atomic E-state index is 12.1. The van der Waals surface area contributed by atoms with E-state index in [0.29, 0.717) is 32.1 Å². The molecule has 1 saturated heterocycles. The summed E-state index contributed by atoms with van der Waals surface area (Å²) in [6.45, 7) is 7.52. The van der Waals surface area contributed by atoms with Crippen LogP contribution in [0, 0.1) is 5.92 Å². The second-order valence-corrected chi connectivity index (χ2v) is 6.05. The zero-order valence-electron chi connectivity index (χ0n) is 13.6. The van der Waals surface area contributed by atoms with Crippen molar-refractivity contribution < 1.29 is 19.1 Å². The van der Waals surface area contributed by atoms with Crippen molar-refractivity contribution in [2.24, 2.45) is 5.92 Å². The van der Waals surface area contributed by atoms with Crippen LogP contribution < -0.4 is 0 Å². The second kappa shape index (κ2) is 9.64. The first kappa shape index (κ1) is 17.8. The number of nitrogens with zero attached hydrogens (tertiary/aromatic N) is 1. The van der Waals surface area contributed by atoms with Crippen molar-refractivity contribution in [1.29, 1.82) is 0 Å². The Hall–Kier alpha value is -1.26. The van der Waals surface area contributed by atoms with E-state index in [1.54, 1.807) is 0 Å². The molecule has 1 aliphatic heterocycles. The number of esters is 1. The fourth-order valence-electron chi connectivity index (χ4n) is 2.35. The third-order valence-corrected chi connectivity index (χ3v) is 3.54. The zero-order chi connectivity index (χ0) is 15.7. The van der Waals surface area contributed by atoms with Crippen LogP contribution in [-0.2, 0) is 14.3 Å². The molecule has 5 heteroatoms. The van der Waals surface area contributed by atoms with Gasteiger partial charge in [-0.05, 0) is 25.2 Å². The number of carbonyl (C=O) groups is 2. The Kier molecular flexibility index (Phi) is 8.16. The molecule has 1 heterocycles. The lowest BCUT2D eigenvalue weighted by atomic mass is 10.2. The lowest BCUT2D eigenvalue weighted by Gasteiger charge is -2.23. The molecule has 0 aromatic rings. The summed E-state index contributed by atoms with van der Waals surface area (Å²) in [5.41, 5.74) is 0. The van der Waals surface area contributed by atoms with Gasteiger partial charge in [-0.2, -0.15) is 0 Å². The maximum Gasteiger partial charge on any atom is 0.410 e. The summed E-state index contributed by atoms with van der Waals surface area (Å²) < 4.78 is 10.5. The minimum atomic E-state index is -0.462. The van der Waals surface area contributed by atoms with E-state index in [1.807, 2.05) is 13.8 Å². The van der Waals surface area contributed by atoms with Crippen LogP contribution >= 0.6 is 0 Å². The highest BCUT2D eigenvalue weighted by Crippen LogP contribution is 2.20. The normalized spacial score (nSPS) is 18.1. The Labute approximate surface area is 128 Å². The van der Waals surface area contributed by atoms with Gasteiger partial charge in [0.05, 0.1) is 13.2 Å². The van der Waals surface area contributed by atoms with Crippen molar-refractivity contribution in [1.82, 2.24) is 4.90 Å². The van der Waals surface area contributed by atoms with E-state index in [9.17, 15) is 9.59 Å². The van der Waals surface area contributed by atoms with E-state index in [1.165, 1.54) is 4.90 Å². The number of rotatable bonds is 8. The monoisotopic (exact) mass is 299 g/mol. The number of ether oxygens (including phenoxy) is 2. The van der Waals surface area contributed by atoms with Gasteiger partial charge in [0, 0.05) is 6.54 Å². The first-order valence-corrected chi connectivity index (χ1v) is 8.16. The minimum Gasteiger partial charge on any atom is -0.464 e. The molecule has 0 N–H and O–H groups in total. The topological polar surface area (TPSA) is 55.8 Å². The third-order valence-electron chi connectivity index (χ3n) is 3.54. The molecule has 5 nitrogen and oxygen atoms in total. The van der Waals surface area contributed by atoms with E-state index >= 15 is 0 Å². The molecule has 1 amide bonds. The fourth-order valence-corrected chi connectivity index (χ4v) is 2.35. The van der Waals surface area contributed by atoms with Gasteiger partial charge in [-0.15, -0.1) is 0 Å². The van der Waals surface area contributed by atoms with Gasteiger partial charge < -0.3 is 9.47 Å². The molecular formula is C16H29NO4. The molecule has 1 fully saturated rings. The van der Waals surface area contributed by atoms with Crippen LogP contribution in [0.25, 0.3) is 0 Å². The molecule has 1 unspecified atom stereocenters. The lowest BCUT2D eigenvalue weighted by Crippen LogP contribution is -2.42. The smallest absolute Gasteiger partial charge is 0.410 e. The highest BCUT2D eigenvalue weighted by molar-refractivity contribution is 5.82. The molecule has 0 aliphatic carbocycles. The van der Waals surface area contributed by atoms with E-state index in [-0.39, 0.29) is 5.97 Å². The average Bonchev–Trinajstić information content (AvgIpc) is 2.93. The third kappa shape index (κ3) is 6.36. The Morgan fingerprint density at radius 1 is 1.19 bits per heavy atom. The van der Waals surface area contributed by atoms with E-state index in [4.69, 9.17) is 9.47 Å². The summed E-state index contributed by atoms with van der Waals surface area (Å²) in [5.74, 6) is 0.00557. The largest absolute Gasteiger partial charge is 0.464 e. The molecule has 122 valence electrons. The predicted molar refractivity (Wildman–Crippen MR) is 81.0 cm³/mol. The van der Waals surface area contributed by atoms with E-state index in [2.05, 4.69) is 6.92 Å². The summed E-state index contributed by atoms with van der Waals surface area (Å²) in [6.07, 6.45) is 5.39. The Bertz CT molecular complexity index is 330. The first-order chi connectivity index (χ1) is 10.1. The Morgan fingerprint density at radius 2 is 1.95 bits per heavy atom. The van der Waals surface area contributed by atoms with Gasteiger partial charge in [-0.3, -0.25) is 4.90 Å². The number of hydrogen-bond acceptors (Lipinski definition) is 4. The number of amides is 1. The molecule has 0 spiro atoms. The van der Waals surface area contributed by atoms with Crippen molar-refractivity contribution in [2.75, 3.05) is 19.8 Å². The molecule has 0 saturated carbocycles.